The fraction of sp³-hybridized carbons (Fsp3) is 0. The summed E-state index contributed by atoms with van der Waals surface area (Å²) in [5, 5.41) is 7.60. The van der Waals surface area contributed by atoms with E-state index in [1.54, 1.807) is 28.3 Å². The van der Waals surface area contributed by atoms with Gasteiger partial charge in [0.15, 0.2) is 0 Å². The predicted molar refractivity (Wildman–Crippen MR) is 124 cm³/mol. The van der Waals surface area contributed by atoms with E-state index >= 15 is 0 Å². The fourth-order valence-corrected chi connectivity index (χ4v) is 3.28. The maximum Gasteiger partial charge on any atom is 0.0740 e. The van der Waals surface area contributed by atoms with Gasteiger partial charge in [-0.2, -0.15) is 5.10 Å². The average molecular weight is 414 g/mol. The van der Waals surface area contributed by atoms with Gasteiger partial charge in [-0.1, -0.05) is 36.9 Å². The first kappa shape index (κ1) is 19.6. The SMILES string of the molecule is C=C(/C=C\N(N)c1ccc2ncccc2c1)C(=C)c1ccnn1-c1cccc(Cl)c1. The molecular weight excluding hydrogens is 394 g/mol. The third-order valence-electron chi connectivity index (χ3n) is 4.71. The molecule has 2 N–H and O–H groups in total. The highest BCUT2D eigenvalue weighted by Crippen LogP contribution is 2.25. The van der Waals surface area contributed by atoms with Crippen LogP contribution in [-0.2, 0) is 0 Å². The molecule has 0 saturated heterocycles. The Bertz CT molecular complexity index is 1270. The van der Waals surface area contributed by atoms with E-state index in [4.69, 9.17) is 17.4 Å². The highest BCUT2D eigenvalue weighted by molar-refractivity contribution is 6.30. The fourth-order valence-electron chi connectivity index (χ4n) is 3.09. The van der Waals surface area contributed by atoms with Crippen molar-refractivity contribution in [3.63, 3.8) is 0 Å². The number of halogens is 1. The van der Waals surface area contributed by atoms with Gasteiger partial charge in [0, 0.05) is 22.8 Å². The quantitative estimate of drug-likeness (QED) is 0.256. The molecule has 2 aromatic heterocycles. The Balaban J connectivity index is 1.53. The van der Waals surface area contributed by atoms with Gasteiger partial charge in [-0.3, -0.25) is 9.99 Å². The number of rotatable bonds is 6. The van der Waals surface area contributed by atoms with Gasteiger partial charge in [0.05, 0.1) is 28.8 Å². The molecule has 0 saturated carbocycles. The molecule has 30 heavy (non-hydrogen) atoms. The maximum absolute atomic E-state index is 6.21. The van der Waals surface area contributed by atoms with E-state index in [0.29, 0.717) is 5.02 Å². The molecule has 0 radical (unpaired) electrons. The minimum atomic E-state index is 0.641. The molecule has 0 aliphatic carbocycles. The second-order valence-electron chi connectivity index (χ2n) is 6.72. The lowest BCUT2D eigenvalue weighted by molar-refractivity contribution is 0.867. The third kappa shape index (κ3) is 4.03. The van der Waals surface area contributed by atoms with E-state index in [2.05, 4.69) is 23.2 Å². The molecule has 0 spiro atoms. The zero-order chi connectivity index (χ0) is 21.1. The van der Waals surface area contributed by atoms with Crippen LogP contribution in [0.15, 0.2) is 104 Å². The summed E-state index contributed by atoms with van der Waals surface area (Å²) in [7, 11) is 0. The van der Waals surface area contributed by atoms with Crippen molar-refractivity contribution >= 4 is 33.8 Å². The lowest BCUT2D eigenvalue weighted by Gasteiger charge is -2.15. The first-order valence-corrected chi connectivity index (χ1v) is 9.66. The zero-order valence-corrected chi connectivity index (χ0v) is 17.0. The summed E-state index contributed by atoms with van der Waals surface area (Å²) in [5.41, 5.74) is 4.90. The van der Waals surface area contributed by atoms with Crippen molar-refractivity contribution in [1.29, 1.82) is 0 Å². The minimum absolute atomic E-state index is 0.641. The molecule has 4 aromatic rings. The second-order valence-corrected chi connectivity index (χ2v) is 7.15. The first-order chi connectivity index (χ1) is 14.5. The van der Waals surface area contributed by atoms with Crippen LogP contribution in [0.25, 0.3) is 22.2 Å². The lowest BCUT2D eigenvalue weighted by Crippen LogP contribution is -2.23. The average Bonchev–Trinajstić information content (AvgIpc) is 3.26. The van der Waals surface area contributed by atoms with Crippen molar-refractivity contribution in [2.45, 2.75) is 0 Å². The van der Waals surface area contributed by atoms with Gasteiger partial charge in [0.2, 0.25) is 0 Å². The number of benzene rings is 2. The molecular formula is C24H20ClN5. The highest BCUT2D eigenvalue weighted by Gasteiger charge is 2.10. The number of nitrogens with zero attached hydrogens (tertiary/aromatic N) is 4. The number of fused-ring (bicyclic) bond motifs is 1. The lowest BCUT2D eigenvalue weighted by atomic mass is 10.1. The van der Waals surface area contributed by atoms with Crippen LogP contribution >= 0.6 is 11.6 Å². The summed E-state index contributed by atoms with van der Waals surface area (Å²) in [6.45, 7) is 8.32. The number of anilines is 1. The normalized spacial score (nSPS) is 11.1. The topological polar surface area (TPSA) is 60.0 Å². The molecule has 2 aromatic carbocycles. The number of nitrogens with two attached hydrogens (primary N) is 1. The van der Waals surface area contributed by atoms with Crippen molar-refractivity contribution in [2.24, 2.45) is 5.84 Å². The molecule has 0 fully saturated rings. The summed E-state index contributed by atoms with van der Waals surface area (Å²) < 4.78 is 1.78. The summed E-state index contributed by atoms with van der Waals surface area (Å²) in [6, 6.07) is 19.1. The third-order valence-corrected chi connectivity index (χ3v) is 4.95. The Labute approximate surface area is 180 Å². The number of hydrazine groups is 1. The van der Waals surface area contributed by atoms with Crippen molar-refractivity contribution in [3.8, 4) is 5.69 Å². The van der Waals surface area contributed by atoms with Gasteiger partial charge in [-0.15, -0.1) is 0 Å². The van der Waals surface area contributed by atoms with Crippen LogP contribution in [0, 0.1) is 0 Å². The number of pyridine rings is 1. The van der Waals surface area contributed by atoms with Crippen LogP contribution < -0.4 is 10.9 Å². The Kier molecular flexibility index (Phi) is 5.48. The molecule has 0 unspecified atom stereocenters. The molecule has 6 heteroatoms. The largest absolute Gasteiger partial charge is 0.287 e. The van der Waals surface area contributed by atoms with E-state index in [1.165, 1.54) is 0 Å². The number of hydrogen-bond donors (Lipinski definition) is 1. The Morgan fingerprint density at radius 3 is 2.73 bits per heavy atom. The highest BCUT2D eigenvalue weighted by atomic mass is 35.5. The van der Waals surface area contributed by atoms with E-state index < -0.39 is 0 Å². The van der Waals surface area contributed by atoms with E-state index in [0.717, 1.165) is 39.1 Å². The van der Waals surface area contributed by atoms with Crippen LogP contribution in [0.4, 0.5) is 5.69 Å². The summed E-state index contributed by atoms with van der Waals surface area (Å²) in [4.78, 5) is 4.33. The summed E-state index contributed by atoms with van der Waals surface area (Å²) in [6.07, 6.45) is 7.07. The first-order valence-electron chi connectivity index (χ1n) is 9.28. The number of aromatic nitrogens is 3. The van der Waals surface area contributed by atoms with Gasteiger partial charge in [0.25, 0.3) is 0 Å². The molecule has 0 bridgehead atoms. The van der Waals surface area contributed by atoms with E-state index in [1.807, 2.05) is 66.7 Å². The van der Waals surface area contributed by atoms with E-state index in [9.17, 15) is 0 Å². The van der Waals surface area contributed by atoms with Gasteiger partial charge in [-0.05, 0) is 65.8 Å². The monoisotopic (exact) mass is 413 g/mol. The molecule has 148 valence electrons. The summed E-state index contributed by atoms with van der Waals surface area (Å²) in [5.74, 6) is 6.21. The predicted octanol–water partition coefficient (Wildman–Crippen LogP) is 5.54. The molecule has 4 rings (SSSR count). The van der Waals surface area contributed by atoms with Crippen LogP contribution in [0.1, 0.15) is 5.69 Å². The Morgan fingerprint density at radius 1 is 1.03 bits per heavy atom. The Hall–Kier alpha value is -3.67. The second kappa shape index (κ2) is 8.37. The molecule has 5 nitrogen and oxygen atoms in total. The Morgan fingerprint density at radius 2 is 1.90 bits per heavy atom. The molecule has 2 heterocycles. The van der Waals surface area contributed by atoms with Crippen molar-refractivity contribution < 1.29 is 0 Å². The maximum atomic E-state index is 6.21. The molecule has 0 aliphatic rings. The number of allylic oxidation sites excluding steroid dienone is 3. The minimum Gasteiger partial charge on any atom is -0.287 e. The van der Waals surface area contributed by atoms with Crippen LogP contribution in [0.3, 0.4) is 0 Å². The van der Waals surface area contributed by atoms with Crippen LogP contribution in [-0.4, -0.2) is 14.8 Å². The standard InChI is InChI=1S/C24H20ClN5/c1-17(11-14-29(26)21-8-9-23-19(15-21)5-4-12-27-23)18(2)24-10-13-28-30(24)22-7-3-6-20(25)16-22/h3-16H,1-2,26H2/b14-11-. The van der Waals surface area contributed by atoms with Gasteiger partial charge in [-0.25, -0.2) is 10.5 Å². The summed E-state index contributed by atoms with van der Waals surface area (Å²) >= 11 is 6.12. The molecule has 0 atom stereocenters. The smallest absolute Gasteiger partial charge is 0.0740 e. The molecule has 0 amide bonds. The zero-order valence-electron chi connectivity index (χ0n) is 16.2. The van der Waals surface area contributed by atoms with Crippen molar-refractivity contribution in [1.82, 2.24) is 14.8 Å². The van der Waals surface area contributed by atoms with Crippen molar-refractivity contribution in [3.05, 3.63) is 115 Å². The van der Waals surface area contributed by atoms with Crippen LogP contribution in [0.5, 0.6) is 0 Å². The van der Waals surface area contributed by atoms with Gasteiger partial charge >= 0.3 is 0 Å². The van der Waals surface area contributed by atoms with Crippen LogP contribution in [0.2, 0.25) is 5.02 Å². The van der Waals surface area contributed by atoms with E-state index in [-0.39, 0.29) is 0 Å². The number of hydrogen-bond acceptors (Lipinski definition) is 4. The van der Waals surface area contributed by atoms with Gasteiger partial charge in [0.1, 0.15) is 0 Å². The van der Waals surface area contributed by atoms with Gasteiger partial charge < -0.3 is 0 Å². The molecule has 0 aliphatic heterocycles. The van der Waals surface area contributed by atoms with Crippen molar-refractivity contribution in [2.75, 3.05) is 5.01 Å².